The van der Waals surface area contributed by atoms with Gasteiger partial charge in [-0.15, -0.1) is 0 Å². The highest BCUT2D eigenvalue weighted by atomic mass is 16.5. The van der Waals surface area contributed by atoms with Crippen LogP contribution in [0.3, 0.4) is 0 Å². The van der Waals surface area contributed by atoms with Gasteiger partial charge in [0.25, 0.3) is 0 Å². The molecule has 2 amide bonds. The molecule has 0 aliphatic rings. The van der Waals surface area contributed by atoms with Gasteiger partial charge in [-0.3, -0.25) is 4.68 Å². The van der Waals surface area contributed by atoms with E-state index in [1.807, 2.05) is 44.2 Å². The van der Waals surface area contributed by atoms with Crippen molar-refractivity contribution in [3.05, 3.63) is 65.3 Å². The van der Waals surface area contributed by atoms with Crippen molar-refractivity contribution in [2.45, 2.75) is 26.8 Å². The zero-order chi connectivity index (χ0) is 17.6. The second-order valence-corrected chi connectivity index (χ2v) is 5.85. The molecule has 0 bridgehead atoms. The monoisotopic (exact) mass is 339 g/mol. The molecule has 2 heterocycles. The number of urea groups is 1. The van der Waals surface area contributed by atoms with Crippen LogP contribution in [-0.2, 0) is 13.0 Å². The minimum Gasteiger partial charge on any atom is -0.361 e. The van der Waals surface area contributed by atoms with E-state index in [1.165, 1.54) is 5.56 Å². The molecule has 0 spiro atoms. The van der Waals surface area contributed by atoms with Crippen molar-refractivity contribution in [1.82, 2.24) is 20.3 Å². The number of amides is 2. The molecule has 0 aliphatic heterocycles. The smallest absolute Gasteiger partial charge is 0.319 e. The minimum absolute atomic E-state index is 0.243. The van der Waals surface area contributed by atoms with Gasteiger partial charge in [0.2, 0.25) is 0 Å². The van der Waals surface area contributed by atoms with Crippen LogP contribution in [0, 0.1) is 13.8 Å². The summed E-state index contributed by atoms with van der Waals surface area (Å²) in [4.78, 5) is 12.0. The van der Waals surface area contributed by atoms with Gasteiger partial charge in [-0.25, -0.2) is 4.79 Å². The zero-order valence-electron chi connectivity index (χ0n) is 14.3. The SMILES string of the molecule is Cc1noc(C)c1Cn1cc(NC(=O)NCCc2ccccc2)cn1. The Morgan fingerprint density at radius 1 is 1.24 bits per heavy atom. The van der Waals surface area contributed by atoms with Crippen molar-refractivity contribution in [1.29, 1.82) is 0 Å². The largest absolute Gasteiger partial charge is 0.361 e. The van der Waals surface area contributed by atoms with Crippen LogP contribution in [0.1, 0.15) is 22.6 Å². The summed E-state index contributed by atoms with van der Waals surface area (Å²) in [7, 11) is 0. The average molecular weight is 339 g/mol. The van der Waals surface area contributed by atoms with Crippen LogP contribution in [0.2, 0.25) is 0 Å². The molecular formula is C18H21N5O2. The van der Waals surface area contributed by atoms with E-state index >= 15 is 0 Å². The maximum absolute atomic E-state index is 12.0. The lowest BCUT2D eigenvalue weighted by molar-refractivity contribution is 0.252. The molecule has 0 fully saturated rings. The fourth-order valence-electron chi connectivity index (χ4n) is 2.54. The molecule has 0 saturated heterocycles. The van der Waals surface area contributed by atoms with Gasteiger partial charge in [0.05, 0.1) is 24.1 Å². The number of rotatable bonds is 6. The van der Waals surface area contributed by atoms with Gasteiger partial charge >= 0.3 is 6.03 Å². The molecule has 130 valence electrons. The molecule has 0 saturated carbocycles. The normalized spacial score (nSPS) is 10.6. The molecule has 0 radical (unpaired) electrons. The molecule has 1 aromatic carbocycles. The topological polar surface area (TPSA) is 85.0 Å². The predicted molar refractivity (Wildman–Crippen MR) is 94.5 cm³/mol. The molecule has 0 aliphatic carbocycles. The van der Waals surface area contributed by atoms with E-state index in [9.17, 15) is 4.79 Å². The van der Waals surface area contributed by atoms with Gasteiger partial charge < -0.3 is 15.2 Å². The number of carbonyl (C=O) groups is 1. The number of aromatic nitrogens is 3. The van der Waals surface area contributed by atoms with Crippen LogP contribution in [0.25, 0.3) is 0 Å². The summed E-state index contributed by atoms with van der Waals surface area (Å²) < 4.78 is 6.89. The summed E-state index contributed by atoms with van der Waals surface area (Å²) in [5.41, 5.74) is 3.68. The molecule has 25 heavy (non-hydrogen) atoms. The van der Waals surface area contributed by atoms with E-state index in [2.05, 4.69) is 20.9 Å². The third kappa shape index (κ3) is 4.47. The lowest BCUT2D eigenvalue weighted by Gasteiger charge is -2.06. The highest BCUT2D eigenvalue weighted by Gasteiger charge is 2.11. The van der Waals surface area contributed by atoms with Crippen molar-refractivity contribution in [3.8, 4) is 0 Å². The van der Waals surface area contributed by atoms with Gasteiger partial charge in [0, 0.05) is 18.3 Å². The van der Waals surface area contributed by atoms with Crippen LogP contribution in [-0.4, -0.2) is 27.5 Å². The van der Waals surface area contributed by atoms with Gasteiger partial charge in [0.1, 0.15) is 5.76 Å². The van der Waals surface area contributed by atoms with Crippen molar-refractivity contribution >= 4 is 11.7 Å². The third-order valence-corrected chi connectivity index (χ3v) is 3.93. The summed E-state index contributed by atoms with van der Waals surface area (Å²) in [5.74, 6) is 0.779. The van der Waals surface area contributed by atoms with E-state index in [4.69, 9.17) is 4.52 Å². The fourth-order valence-corrected chi connectivity index (χ4v) is 2.54. The summed E-state index contributed by atoms with van der Waals surface area (Å²) in [5, 5.41) is 13.8. The van der Waals surface area contributed by atoms with Crippen LogP contribution in [0.4, 0.5) is 10.5 Å². The first-order chi connectivity index (χ1) is 12.1. The fraction of sp³-hybridized carbons (Fsp3) is 0.278. The van der Waals surface area contributed by atoms with Crippen molar-refractivity contribution in [2.75, 3.05) is 11.9 Å². The first kappa shape index (κ1) is 16.8. The number of nitrogens with zero attached hydrogens (tertiary/aromatic N) is 3. The molecule has 2 aromatic heterocycles. The van der Waals surface area contributed by atoms with E-state index in [0.29, 0.717) is 18.8 Å². The number of aryl methyl sites for hydroxylation is 2. The lowest BCUT2D eigenvalue weighted by atomic mass is 10.1. The Hall–Kier alpha value is -3.09. The molecule has 7 nitrogen and oxygen atoms in total. The van der Waals surface area contributed by atoms with E-state index in [1.54, 1.807) is 17.1 Å². The van der Waals surface area contributed by atoms with Crippen LogP contribution < -0.4 is 10.6 Å². The summed E-state index contributed by atoms with van der Waals surface area (Å²) in [6.07, 6.45) is 4.19. The van der Waals surface area contributed by atoms with E-state index in [0.717, 1.165) is 23.4 Å². The zero-order valence-corrected chi connectivity index (χ0v) is 14.3. The molecule has 7 heteroatoms. The molecule has 3 aromatic rings. The molecule has 0 unspecified atom stereocenters. The second kappa shape index (κ2) is 7.65. The Morgan fingerprint density at radius 2 is 2.04 bits per heavy atom. The summed E-state index contributed by atoms with van der Waals surface area (Å²) >= 11 is 0. The highest BCUT2D eigenvalue weighted by molar-refractivity contribution is 5.88. The number of hydrogen-bond donors (Lipinski definition) is 2. The predicted octanol–water partition coefficient (Wildman–Crippen LogP) is 2.90. The molecular weight excluding hydrogens is 318 g/mol. The number of benzene rings is 1. The van der Waals surface area contributed by atoms with Gasteiger partial charge in [-0.1, -0.05) is 35.5 Å². The standard InChI is InChI=1S/C18H21N5O2/c1-13-17(14(2)25-22-13)12-23-11-16(10-20-23)21-18(24)19-9-8-15-6-4-3-5-7-15/h3-7,10-11H,8-9,12H2,1-2H3,(H2,19,21,24). The number of anilines is 1. The van der Waals surface area contributed by atoms with Crippen molar-refractivity contribution in [2.24, 2.45) is 0 Å². The second-order valence-electron chi connectivity index (χ2n) is 5.85. The lowest BCUT2D eigenvalue weighted by Crippen LogP contribution is -2.30. The van der Waals surface area contributed by atoms with Crippen LogP contribution in [0.5, 0.6) is 0 Å². The Balaban J connectivity index is 1.48. The quantitative estimate of drug-likeness (QED) is 0.723. The Morgan fingerprint density at radius 3 is 2.76 bits per heavy atom. The maximum Gasteiger partial charge on any atom is 0.319 e. The van der Waals surface area contributed by atoms with Gasteiger partial charge in [0.15, 0.2) is 0 Å². The average Bonchev–Trinajstić information content (AvgIpc) is 3.17. The van der Waals surface area contributed by atoms with E-state index in [-0.39, 0.29) is 6.03 Å². The third-order valence-electron chi connectivity index (χ3n) is 3.93. The maximum atomic E-state index is 12.0. The molecule has 2 N–H and O–H groups in total. The number of nitrogens with one attached hydrogen (secondary N) is 2. The summed E-state index contributed by atoms with van der Waals surface area (Å²) in [6.45, 7) is 4.90. The minimum atomic E-state index is -0.243. The number of carbonyl (C=O) groups excluding carboxylic acids is 1. The highest BCUT2D eigenvalue weighted by Crippen LogP contribution is 2.14. The molecule has 0 atom stereocenters. The Kier molecular flexibility index (Phi) is 5.13. The van der Waals surface area contributed by atoms with E-state index < -0.39 is 0 Å². The Labute approximate surface area is 146 Å². The first-order valence-electron chi connectivity index (χ1n) is 8.15. The number of hydrogen-bond acceptors (Lipinski definition) is 4. The van der Waals surface area contributed by atoms with Crippen LogP contribution >= 0.6 is 0 Å². The van der Waals surface area contributed by atoms with Crippen LogP contribution in [0.15, 0.2) is 47.2 Å². The first-order valence-corrected chi connectivity index (χ1v) is 8.15. The summed E-state index contributed by atoms with van der Waals surface area (Å²) in [6, 6.07) is 9.79. The molecule has 3 rings (SSSR count). The van der Waals surface area contributed by atoms with Gasteiger partial charge in [-0.2, -0.15) is 5.10 Å². The van der Waals surface area contributed by atoms with Gasteiger partial charge in [-0.05, 0) is 25.8 Å². The van der Waals surface area contributed by atoms with Crippen molar-refractivity contribution < 1.29 is 9.32 Å². The van der Waals surface area contributed by atoms with Crippen molar-refractivity contribution in [3.63, 3.8) is 0 Å². The Bertz CT molecular complexity index is 819.